The Balaban J connectivity index is 1.64. The van der Waals surface area contributed by atoms with Crippen LogP contribution in [0.15, 0.2) is 42.5 Å². The average molecular weight is 312 g/mol. The minimum Gasteiger partial charge on any atom is -0.493 e. The summed E-state index contributed by atoms with van der Waals surface area (Å²) < 4.78 is 18.7. The van der Waals surface area contributed by atoms with Gasteiger partial charge in [-0.2, -0.15) is 0 Å². The summed E-state index contributed by atoms with van der Waals surface area (Å²) in [4.78, 5) is 24.3. The first-order valence-electron chi connectivity index (χ1n) is 7.71. The van der Waals surface area contributed by atoms with Crippen molar-refractivity contribution in [2.24, 2.45) is 0 Å². The molecule has 2 aromatic rings. The molecule has 0 spiro atoms. The lowest BCUT2D eigenvalue weighted by Crippen LogP contribution is -2.10. The van der Waals surface area contributed by atoms with Crippen molar-refractivity contribution < 1.29 is 18.7 Å². The number of rotatable bonds is 5. The number of Topliss-reactive ketones (excluding diaryl/α,β-unsaturated/α-hetero) is 2. The molecule has 0 atom stereocenters. The first kappa shape index (κ1) is 15.4. The lowest BCUT2D eigenvalue weighted by Gasteiger charge is -2.17. The monoisotopic (exact) mass is 312 g/mol. The zero-order valence-electron chi connectivity index (χ0n) is 12.7. The maximum atomic E-state index is 13.1. The van der Waals surface area contributed by atoms with Crippen LogP contribution in [0.5, 0.6) is 5.75 Å². The van der Waals surface area contributed by atoms with Crippen molar-refractivity contribution in [1.82, 2.24) is 0 Å². The van der Waals surface area contributed by atoms with Gasteiger partial charge in [0.25, 0.3) is 0 Å². The van der Waals surface area contributed by atoms with Crippen molar-refractivity contribution in [3.05, 3.63) is 65.0 Å². The van der Waals surface area contributed by atoms with Gasteiger partial charge in [0.15, 0.2) is 11.6 Å². The third-order valence-corrected chi connectivity index (χ3v) is 3.96. The SMILES string of the molecule is O=C(CCC(=O)c1ccc2c(c1)OCCC2)c1cccc(F)c1. The molecule has 118 valence electrons. The number of carbonyl (C=O) groups excluding carboxylic acids is 2. The number of halogens is 1. The minimum absolute atomic E-state index is 0.0697. The van der Waals surface area contributed by atoms with Crippen molar-refractivity contribution in [1.29, 1.82) is 0 Å². The Bertz CT molecular complexity index is 752. The van der Waals surface area contributed by atoms with E-state index in [4.69, 9.17) is 4.74 Å². The number of fused-ring (bicyclic) bond motifs is 1. The van der Waals surface area contributed by atoms with Crippen molar-refractivity contribution >= 4 is 11.6 Å². The Kier molecular flexibility index (Phi) is 4.51. The fourth-order valence-corrected chi connectivity index (χ4v) is 2.69. The molecule has 23 heavy (non-hydrogen) atoms. The van der Waals surface area contributed by atoms with Gasteiger partial charge in [0.1, 0.15) is 11.6 Å². The van der Waals surface area contributed by atoms with E-state index in [1.54, 1.807) is 18.2 Å². The molecule has 1 aliphatic rings. The number of hydrogen-bond acceptors (Lipinski definition) is 3. The molecule has 0 fully saturated rings. The second-order valence-corrected chi connectivity index (χ2v) is 5.63. The van der Waals surface area contributed by atoms with Gasteiger partial charge >= 0.3 is 0 Å². The lowest BCUT2D eigenvalue weighted by molar-refractivity contribution is 0.0917. The standard InChI is InChI=1S/C19H17FO3/c20-16-5-1-3-14(11-16)17(21)8-9-18(22)15-7-6-13-4-2-10-23-19(13)12-15/h1,3,5-7,11-12H,2,4,8-10H2. The number of hydrogen-bond donors (Lipinski definition) is 0. The second-order valence-electron chi connectivity index (χ2n) is 5.63. The number of ketones is 2. The minimum atomic E-state index is -0.450. The van der Waals surface area contributed by atoms with Gasteiger partial charge in [-0.3, -0.25) is 9.59 Å². The fourth-order valence-electron chi connectivity index (χ4n) is 2.69. The Morgan fingerprint density at radius 3 is 2.48 bits per heavy atom. The van der Waals surface area contributed by atoms with Gasteiger partial charge in [-0.25, -0.2) is 4.39 Å². The highest BCUT2D eigenvalue weighted by Crippen LogP contribution is 2.26. The fraction of sp³-hybridized carbons (Fsp3) is 0.263. The van der Waals surface area contributed by atoms with Crippen LogP contribution in [0.4, 0.5) is 4.39 Å². The summed E-state index contributed by atoms with van der Waals surface area (Å²) in [6.45, 7) is 0.669. The van der Waals surface area contributed by atoms with Crippen LogP contribution in [-0.4, -0.2) is 18.2 Å². The lowest BCUT2D eigenvalue weighted by atomic mass is 9.98. The molecule has 1 heterocycles. The normalized spacial score (nSPS) is 13.1. The number of aryl methyl sites for hydroxylation is 1. The van der Waals surface area contributed by atoms with Crippen LogP contribution in [0.25, 0.3) is 0 Å². The molecule has 0 bridgehead atoms. The number of carbonyl (C=O) groups is 2. The van der Waals surface area contributed by atoms with E-state index in [1.165, 1.54) is 18.2 Å². The van der Waals surface area contributed by atoms with Gasteiger partial charge in [0, 0.05) is 24.0 Å². The summed E-state index contributed by atoms with van der Waals surface area (Å²) in [5.41, 5.74) is 1.97. The van der Waals surface area contributed by atoms with E-state index in [1.807, 2.05) is 6.07 Å². The summed E-state index contributed by atoms with van der Waals surface area (Å²) >= 11 is 0. The van der Waals surface area contributed by atoms with Crippen LogP contribution in [-0.2, 0) is 6.42 Å². The van der Waals surface area contributed by atoms with Gasteiger partial charge in [-0.05, 0) is 36.6 Å². The Morgan fingerprint density at radius 1 is 1.00 bits per heavy atom. The predicted molar refractivity (Wildman–Crippen MR) is 84.6 cm³/mol. The van der Waals surface area contributed by atoms with E-state index in [0.717, 1.165) is 24.2 Å². The van der Waals surface area contributed by atoms with E-state index < -0.39 is 5.82 Å². The van der Waals surface area contributed by atoms with Gasteiger partial charge in [0.05, 0.1) is 6.61 Å². The van der Waals surface area contributed by atoms with Crippen LogP contribution in [0.2, 0.25) is 0 Å². The molecule has 0 saturated carbocycles. The number of ether oxygens (including phenoxy) is 1. The summed E-state index contributed by atoms with van der Waals surface area (Å²) in [6, 6.07) is 11.0. The van der Waals surface area contributed by atoms with Gasteiger partial charge in [-0.15, -0.1) is 0 Å². The molecule has 1 aliphatic heterocycles. The first-order valence-corrected chi connectivity index (χ1v) is 7.71. The van der Waals surface area contributed by atoms with Gasteiger partial charge in [-0.1, -0.05) is 24.3 Å². The highest BCUT2D eigenvalue weighted by atomic mass is 19.1. The highest BCUT2D eigenvalue weighted by molar-refractivity contribution is 6.02. The first-order chi connectivity index (χ1) is 11.1. The maximum absolute atomic E-state index is 13.1. The van der Waals surface area contributed by atoms with Crippen LogP contribution < -0.4 is 4.74 Å². The van der Waals surface area contributed by atoms with Gasteiger partial charge < -0.3 is 4.74 Å². The highest BCUT2D eigenvalue weighted by Gasteiger charge is 2.15. The summed E-state index contributed by atoms with van der Waals surface area (Å²) in [5, 5.41) is 0. The smallest absolute Gasteiger partial charge is 0.163 e. The summed E-state index contributed by atoms with van der Waals surface area (Å²) in [5.74, 6) is -0.0219. The summed E-state index contributed by atoms with van der Waals surface area (Å²) in [7, 11) is 0. The molecule has 3 rings (SSSR count). The third kappa shape index (κ3) is 3.65. The van der Waals surface area contributed by atoms with Crippen LogP contribution in [0, 0.1) is 5.82 Å². The Labute approximate surface area is 134 Å². The van der Waals surface area contributed by atoms with E-state index in [0.29, 0.717) is 17.7 Å². The zero-order chi connectivity index (χ0) is 16.2. The van der Waals surface area contributed by atoms with E-state index >= 15 is 0 Å². The maximum Gasteiger partial charge on any atom is 0.163 e. The molecule has 0 radical (unpaired) electrons. The Morgan fingerprint density at radius 2 is 1.74 bits per heavy atom. The number of benzene rings is 2. The second kappa shape index (κ2) is 6.73. The summed E-state index contributed by atoms with van der Waals surface area (Å²) in [6.07, 6.45) is 2.12. The molecule has 4 heteroatoms. The molecule has 0 aliphatic carbocycles. The molecule has 2 aromatic carbocycles. The molecule has 0 saturated heterocycles. The molecular weight excluding hydrogens is 295 g/mol. The van der Waals surface area contributed by atoms with Crippen LogP contribution >= 0.6 is 0 Å². The molecular formula is C19H17FO3. The predicted octanol–water partition coefficient (Wildman–Crippen LogP) is 4.00. The van der Waals surface area contributed by atoms with Crippen molar-refractivity contribution in [3.8, 4) is 5.75 Å². The largest absolute Gasteiger partial charge is 0.493 e. The van der Waals surface area contributed by atoms with Crippen LogP contribution in [0.3, 0.4) is 0 Å². The van der Waals surface area contributed by atoms with Crippen LogP contribution in [0.1, 0.15) is 45.5 Å². The van der Waals surface area contributed by atoms with Crippen molar-refractivity contribution in [2.45, 2.75) is 25.7 Å². The Hall–Kier alpha value is -2.49. The van der Waals surface area contributed by atoms with Crippen molar-refractivity contribution in [2.75, 3.05) is 6.61 Å². The van der Waals surface area contributed by atoms with E-state index in [2.05, 4.69) is 0 Å². The quantitative estimate of drug-likeness (QED) is 0.784. The molecule has 0 N–H and O–H groups in total. The topological polar surface area (TPSA) is 43.4 Å². The van der Waals surface area contributed by atoms with Gasteiger partial charge in [0.2, 0.25) is 0 Å². The average Bonchev–Trinajstić information content (AvgIpc) is 2.59. The van der Waals surface area contributed by atoms with E-state index in [-0.39, 0.29) is 24.4 Å². The molecule has 0 unspecified atom stereocenters. The van der Waals surface area contributed by atoms with E-state index in [9.17, 15) is 14.0 Å². The third-order valence-electron chi connectivity index (χ3n) is 3.96. The molecule has 0 aromatic heterocycles. The molecule has 0 amide bonds. The zero-order valence-corrected chi connectivity index (χ0v) is 12.7. The van der Waals surface area contributed by atoms with Crippen molar-refractivity contribution in [3.63, 3.8) is 0 Å². The molecule has 3 nitrogen and oxygen atoms in total.